The van der Waals surface area contributed by atoms with Crippen LogP contribution in [0, 0.1) is 11.7 Å². The van der Waals surface area contributed by atoms with E-state index in [2.05, 4.69) is 15.6 Å². The number of carbonyl (C=O) groups is 1. The summed E-state index contributed by atoms with van der Waals surface area (Å²) in [5.41, 5.74) is -0.953. The molecule has 0 saturated heterocycles. The summed E-state index contributed by atoms with van der Waals surface area (Å²) >= 11 is 0. The van der Waals surface area contributed by atoms with Gasteiger partial charge in [0.05, 0.1) is 18.0 Å². The minimum absolute atomic E-state index is 0.0244. The summed E-state index contributed by atoms with van der Waals surface area (Å²) in [5, 5.41) is 24.8. The molecule has 3 rings (SSSR count). The first-order chi connectivity index (χ1) is 16.1. The molecule has 0 radical (unpaired) electrons. The van der Waals surface area contributed by atoms with Gasteiger partial charge in [0, 0.05) is 26.1 Å². The number of aliphatic imine (C=N–C) groups is 1. The molecule has 184 valence electrons. The molecule has 1 aliphatic rings. The summed E-state index contributed by atoms with van der Waals surface area (Å²) in [5.74, 6) is -5.88. The van der Waals surface area contributed by atoms with Gasteiger partial charge in [-0.3, -0.25) is 19.1 Å². The van der Waals surface area contributed by atoms with Crippen molar-refractivity contribution in [2.75, 3.05) is 32.1 Å². The molecule has 1 amide bonds. The minimum Gasteiger partial charge on any atom is -0.505 e. The Balaban J connectivity index is 2.14. The normalized spacial score (nSPS) is 15.6. The molecular weight excluding hydrogens is 453 g/mol. The Kier molecular flexibility index (Phi) is 7.65. The Morgan fingerprint density at radius 1 is 1.29 bits per heavy atom. The average molecular weight is 480 g/mol. The predicted octanol–water partition coefficient (Wildman–Crippen LogP) is 2.16. The van der Waals surface area contributed by atoms with E-state index in [-0.39, 0.29) is 36.7 Å². The van der Waals surface area contributed by atoms with Crippen LogP contribution in [-0.4, -0.2) is 59.1 Å². The standard InChI is InChI=1S/C23H27F3N4O4/c1-13(10-14-4-6-15(24)7-5-14)17-19-18(27-2)20(32)16(21(33)28-8-3-9-31)22(34)30(19)12-23(25,26)11-29-17/h4-7,13,27,31-32H,3,8-12H2,1-2H3,(H,28,33). The number of carbonyl (C=O) groups excluding carboxylic acids is 1. The molecule has 1 unspecified atom stereocenters. The number of nitrogens with zero attached hydrogens (tertiary/aromatic N) is 2. The molecular formula is C23H27F3N4O4. The second kappa shape index (κ2) is 10.3. The highest BCUT2D eigenvalue weighted by molar-refractivity contribution is 6.08. The molecule has 2 aromatic rings. The van der Waals surface area contributed by atoms with Gasteiger partial charge in [0.25, 0.3) is 17.4 Å². The van der Waals surface area contributed by atoms with Crippen molar-refractivity contribution in [3.63, 3.8) is 0 Å². The number of aliphatic hydroxyl groups excluding tert-OH is 1. The molecule has 1 aromatic heterocycles. The van der Waals surface area contributed by atoms with Crippen molar-refractivity contribution in [3.05, 3.63) is 57.3 Å². The van der Waals surface area contributed by atoms with Gasteiger partial charge in [-0.2, -0.15) is 0 Å². The van der Waals surface area contributed by atoms with Gasteiger partial charge >= 0.3 is 0 Å². The molecule has 2 heterocycles. The zero-order valence-corrected chi connectivity index (χ0v) is 18.9. The van der Waals surface area contributed by atoms with Gasteiger partial charge in [-0.15, -0.1) is 0 Å². The first-order valence-electron chi connectivity index (χ1n) is 10.8. The van der Waals surface area contributed by atoms with E-state index in [0.29, 0.717) is 6.42 Å². The van der Waals surface area contributed by atoms with Gasteiger partial charge in [-0.05, 0) is 30.5 Å². The van der Waals surface area contributed by atoms with Crippen LogP contribution in [-0.2, 0) is 13.0 Å². The monoisotopic (exact) mass is 480 g/mol. The zero-order chi connectivity index (χ0) is 25.0. The number of fused-ring (bicyclic) bond motifs is 1. The predicted molar refractivity (Wildman–Crippen MR) is 122 cm³/mol. The van der Waals surface area contributed by atoms with E-state index >= 15 is 0 Å². The van der Waals surface area contributed by atoms with E-state index in [1.165, 1.54) is 19.2 Å². The number of benzene rings is 1. The highest BCUT2D eigenvalue weighted by atomic mass is 19.3. The fourth-order valence-corrected chi connectivity index (χ4v) is 3.95. The number of pyridine rings is 1. The lowest BCUT2D eigenvalue weighted by molar-refractivity contribution is -0.00581. The second-order valence-corrected chi connectivity index (χ2v) is 8.21. The van der Waals surface area contributed by atoms with Crippen molar-refractivity contribution in [2.24, 2.45) is 10.9 Å². The third-order valence-corrected chi connectivity index (χ3v) is 5.57. The topological polar surface area (TPSA) is 116 Å². The molecule has 0 fully saturated rings. The number of amides is 1. The Hall–Kier alpha value is -3.34. The zero-order valence-electron chi connectivity index (χ0n) is 18.9. The van der Waals surface area contributed by atoms with Crippen molar-refractivity contribution in [1.29, 1.82) is 0 Å². The van der Waals surface area contributed by atoms with Crippen LogP contribution in [0.25, 0.3) is 0 Å². The number of anilines is 1. The van der Waals surface area contributed by atoms with Crippen LogP contribution in [0.5, 0.6) is 5.75 Å². The van der Waals surface area contributed by atoms with Crippen LogP contribution in [0.2, 0.25) is 0 Å². The fourth-order valence-electron chi connectivity index (χ4n) is 3.95. The van der Waals surface area contributed by atoms with Crippen LogP contribution < -0.4 is 16.2 Å². The number of aromatic hydroxyl groups is 1. The minimum atomic E-state index is -3.37. The van der Waals surface area contributed by atoms with Crippen molar-refractivity contribution >= 4 is 17.3 Å². The van der Waals surface area contributed by atoms with Gasteiger partial charge in [0.2, 0.25) is 0 Å². The Labute approximate surface area is 194 Å². The summed E-state index contributed by atoms with van der Waals surface area (Å²) in [7, 11) is 1.43. The van der Waals surface area contributed by atoms with Crippen molar-refractivity contribution in [3.8, 4) is 5.75 Å². The van der Waals surface area contributed by atoms with Crippen LogP contribution in [0.3, 0.4) is 0 Å². The Morgan fingerprint density at radius 2 is 1.97 bits per heavy atom. The van der Waals surface area contributed by atoms with Gasteiger partial charge in [0.1, 0.15) is 23.6 Å². The molecule has 1 aliphatic heterocycles. The molecule has 4 N–H and O–H groups in total. The number of aromatic nitrogens is 1. The quantitative estimate of drug-likeness (QED) is 0.432. The molecule has 34 heavy (non-hydrogen) atoms. The maximum Gasteiger partial charge on any atom is 0.284 e. The Morgan fingerprint density at radius 3 is 2.59 bits per heavy atom. The number of halogens is 3. The summed E-state index contributed by atoms with van der Waals surface area (Å²) in [6, 6.07) is 5.72. The SMILES string of the molecule is CNc1c(O)c(C(=O)NCCCO)c(=O)n2c1C(C(C)Cc1ccc(F)cc1)=NCC(F)(F)C2. The van der Waals surface area contributed by atoms with Crippen molar-refractivity contribution in [1.82, 2.24) is 9.88 Å². The van der Waals surface area contributed by atoms with E-state index in [9.17, 15) is 27.9 Å². The molecule has 0 bridgehead atoms. The van der Waals surface area contributed by atoms with Gasteiger partial charge in [-0.25, -0.2) is 13.2 Å². The number of hydrogen-bond donors (Lipinski definition) is 4. The third-order valence-electron chi connectivity index (χ3n) is 5.57. The molecule has 0 spiro atoms. The second-order valence-electron chi connectivity index (χ2n) is 8.21. The van der Waals surface area contributed by atoms with Gasteiger partial charge in [0.15, 0.2) is 5.75 Å². The van der Waals surface area contributed by atoms with Crippen molar-refractivity contribution in [2.45, 2.75) is 32.2 Å². The van der Waals surface area contributed by atoms with Gasteiger partial charge < -0.3 is 20.8 Å². The lowest BCUT2D eigenvalue weighted by atomic mass is 9.92. The van der Waals surface area contributed by atoms with E-state index in [1.54, 1.807) is 19.1 Å². The summed E-state index contributed by atoms with van der Waals surface area (Å²) in [6.07, 6.45) is 0.527. The molecule has 0 aliphatic carbocycles. The van der Waals surface area contributed by atoms with E-state index in [4.69, 9.17) is 5.11 Å². The van der Waals surface area contributed by atoms with Crippen molar-refractivity contribution < 1.29 is 28.2 Å². The fraction of sp³-hybridized carbons (Fsp3) is 0.435. The molecule has 11 heteroatoms. The lowest BCUT2D eigenvalue weighted by Gasteiger charge is -2.23. The highest BCUT2D eigenvalue weighted by Crippen LogP contribution is 2.34. The number of aliphatic hydroxyl groups is 1. The van der Waals surface area contributed by atoms with Crippen LogP contribution in [0.1, 0.15) is 35.0 Å². The van der Waals surface area contributed by atoms with Gasteiger partial charge in [-0.1, -0.05) is 19.1 Å². The van der Waals surface area contributed by atoms with Crippen LogP contribution in [0.4, 0.5) is 18.9 Å². The number of rotatable bonds is 8. The maximum atomic E-state index is 14.6. The van der Waals surface area contributed by atoms with Crippen LogP contribution in [0.15, 0.2) is 34.1 Å². The number of hydrogen-bond acceptors (Lipinski definition) is 6. The first kappa shape index (κ1) is 25.3. The maximum absolute atomic E-state index is 14.6. The molecule has 0 saturated carbocycles. The number of alkyl halides is 2. The first-order valence-corrected chi connectivity index (χ1v) is 10.8. The Bertz CT molecular complexity index is 1150. The molecule has 8 nitrogen and oxygen atoms in total. The van der Waals surface area contributed by atoms with E-state index in [1.807, 2.05) is 0 Å². The summed E-state index contributed by atoms with van der Waals surface area (Å²) in [6.45, 7) is -0.341. The van der Waals surface area contributed by atoms with E-state index < -0.39 is 53.5 Å². The lowest BCUT2D eigenvalue weighted by Crippen LogP contribution is -2.39. The van der Waals surface area contributed by atoms with Crippen LogP contribution >= 0.6 is 0 Å². The van der Waals surface area contributed by atoms with E-state index in [0.717, 1.165) is 10.1 Å². The highest BCUT2D eigenvalue weighted by Gasteiger charge is 2.38. The summed E-state index contributed by atoms with van der Waals surface area (Å²) in [4.78, 5) is 29.9. The molecule has 1 atom stereocenters. The average Bonchev–Trinajstić information content (AvgIpc) is 2.92. The smallest absolute Gasteiger partial charge is 0.284 e. The number of nitrogens with one attached hydrogen (secondary N) is 2. The largest absolute Gasteiger partial charge is 0.505 e. The summed E-state index contributed by atoms with van der Waals surface area (Å²) < 4.78 is 43.3. The third kappa shape index (κ3) is 5.24. The molecule has 1 aromatic carbocycles.